The lowest BCUT2D eigenvalue weighted by Crippen LogP contribution is -2.52. The summed E-state index contributed by atoms with van der Waals surface area (Å²) in [6, 6.07) is 18.1. The van der Waals surface area contributed by atoms with Gasteiger partial charge in [-0.3, -0.25) is 19.2 Å². The largest absolute Gasteiger partial charge is 0.506 e. The summed E-state index contributed by atoms with van der Waals surface area (Å²) in [4.78, 5) is 81.0. The van der Waals surface area contributed by atoms with E-state index >= 15 is 0 Å². The molecule has 0 atom stereocenters. The van der Waals surface area contributed by atoms with Crippen molar-refractivity contribution in [3.05, 3.63) is 157 Å². The number of carbonyl (C=O) groups is 5. The van der Waals surface area contributed by atoms with E-state index in [0.29, 0.717) is 34.5 Å². The Morgan fingerprint density at radius 1 is 0.593 bits per heavy atom. The van der Waals surface area contributed by atoms with Crippen LogP contribution in [0.4, 0.5) is 13.2 Å². The molecule has 8 rings (SSSR count). The molecule has 0 spiro atoms. The highest BCUT2D eigenvalue weighted by Crippen LogP contribution is 2.32. The Morgan fingerprint density at radius 3 is 1.51 bits per heavy atom. The van der Waals surface area contributed by atoms with Crippen LogP contribution in [0.5, 0.6) is 17.2 Å². The molecule has 26 nitrogen and oxygen atoms in total. The van der Waals surface area contributed by atoms with Gasteiger partial charge in [-0.05, 0) is 78.1 Å². The summed E-state index contributed by atoms with van der Waals surface area (Å²) >= 11 is 0. The summed E-state index contributed by atoms with van der Waals surface area (Å²) in [5.41, 5.74) is 25.2. The van der Waals surface area contributed by atoms with E-state index in [4.69, 9.17) is 35.5 Å². The first-order chi connectivity index (χ1) is 39.7. The number of hydrogen-bond donors (Lipinski definition) is 4. The quantitative estimate of drug-likeness (QED) is 0.00992. The van der Waals surface area contributed by atoms with Crippen LogP contribution in [0.3, 0.4) is 0 Å². The number of ether oxygens (including phenoxy) is 6. The van der Waals surface area contributed by atoms with Crippen molar-refractivity contribution in [2.45, 2.75) is 43.6 Å². The molecular weight excluding hydrogens is 1130 g/mol. The maximum atomic E-state index is 14.7. The number of hydrogen-bond acceptors (Lipinski definition) is 15. The van der Waals surface area contributed by atoms with Crippen molar-refractivity contribution in [1.82, 2.24) is 24.8 Å². The van der Waals surface area contributed by atoms with Gasteiger partial charge in [-0.2, -0.15) is 0 Å². The second-order valence-corrected chi connectivity index (χ2v) is 16.4. The number of nitrogens with one attached hydrogen (secondary N) is 3. The van der Waals surface area contributed by atoms with Crippen molar-refractivity contribution in [3.8, 4) is 17.2 Å². The molecule has 2 amide bonds. The zero-order valence-electron chi connectivity index (χ0n) is 45.1. The highest BCUT2D eigenvalue weighted by atomic mass is 19.1. The van der Waals surface area contributed by atoms with Gasteiger partial charge in [0.15, 0.2) is 0 Å². The fourth-order valence-corrected chi connectivity index (χ4v) is 7.39. The number of carbonyl (C=O) groups excluding carboxylic acids is 5. The summed E-state index contributed by atoms with van der Waals surface area (Å²) < 4.78 is 72.2. The average Bonchev–Trinajstić information content (AvgIpc) is 1.83. The maximum Gasteiger partial charge on any atom is 0.379 e. The van der Waals surface area contributed by atoms with E-state index in [9.17, 15) is 42.3 Å². The average molecular weight is 1210 g/mol. The number of fused-ring (bicyclic) bond motifs is 3. The van der Waals surface area contributed by atoms with Gasteiger partial charge in [0.1, 0.15) is 47.9 Å². The number of H-pyrrole nitrogens is 3. The third kappa shape index (κ3) is 22.1. The number of aromatic hydroxyl groups is 1. The topological polar surface area (TPSA) is 361 Å². The van der Waals surface area contributed by atoms with Crippen LogP contribution in [-0.4, -0.2) is 165 Å². The number of nitrogens with zero attached hydrogens (tertiary/aromatic N) is 11. The second-order valence-electron chi connectivity index (χ2n) is 16.4. The van der Waals surface area contributed by atoms with Crippen LogP contribution in [0.2, 0.25) is 0 Å². The van der Waals surface area contributed by atoms with Gasteiger partial charge < -0.3 is 58.3 Å². The van der Waals surface area contributed by atoms with Gasteiger partial charge in [0.2, 0.25) is 0 Å². The Morgan fingerprint density at radius 2 is 1.07 bits per heavy atom. The minimum Gasteiger partial charge on any atom is -0.506 e. The van der Waals surface area contributed by atoms with Crippen molar-refractivity contribution in [3.63, 3.8) is 0 Å². The van der Waals surface area contributed by atoms with Gasteiger partial charge in [0.05, 0.1) is 72.0 Å². The molecule has 29 heteroatoms. The Labute approximate surface area is 495 Å². The van der Waals surface area contributed by atoms with Crippen molar-refractivity contribution >= 4 is 62.1 Å². The Balaban J connectivity index is 0.00000127. The van der Waals surface area contributed by atoms with Crippen LogP contribution in [-0.2, 0) is 28.5 Å². The molecule has 1 aliphatic heterocycles. The third-order valence-corrected chi connectivity index (χ3v) is 11.3. The molecule has 0 radical (unpaired) electrons. The molecule has 0 bridgehead atoms. The summed E-state index contributed by atoms with van der Waals surface area (Å²) in [7, 11) is 2.75. The number of methoxy groups -OCH3 is 2. The number of ketones is 2. The molecule has 1 aliphatic rings. The molecule has 0 saturated carbocycles. The molecule has 1 saturated heterocycles. The fraction of sp³-hybridized carbons (Fsp3) is 0.386. The normalized spacial score (nSPS) is 10.8. The SMILES string of the molecule is C.C.C.C.CCN=[N+]=[N-].CCOC.COC(=O)C(=O)c1c[nH]c2c(OCCOCCN=[N+]=[N-])ccc(F)c12.Oc1ccc(F)c2cc[nH]c12.[N-]=[N+]=NCCOCCOc1ccc(F)c2c(C(=O)C(=O)N3CCN(C(=O)c4ccccc4)CC3)c[nH]c12. The predicted molar refractivity (Wildman–Crippen MR) is 321 cm³/mol. The van der Waals surface area contributed by atoms with Crippen LogP contribution in [0.1, 0.15) is 74.6 Å². The molecular formula is C57H75F3N14O12. The summed E-state index contributed by atoms with van der Waals surface area (Å²) in [6.07, 6.45) is 4.12. The van der Waals surface area contributed by atoms with Crippen LogP contribution in [0.25, 0.3) is 64.0 Å². The number of phenolic OH excluding ortho intramolecular Hbond substituents is 1. The second kappa shape index (κ2) is 41.3. The predicted octanol–water partition coefficient (Wildman–Crippen LogP) is 12.1. The number of benzene rings is 4. The van der Waals surface area contributed by atoms with Gasteiger partial charge >= 0.3 is 5.97 Å². The lowest BCUT2D eigenvalue weighted by molar-refractivity contribution is -0.135. The Kier molecular flexibility index (Phi) is 36.6. The van der Waals surface area contributed by atoms with Crippen molar-refractivity contribution < 1.29 is 70.7 Å². The lowest BCUT2D eigenvalue weighted by Gasteiger charge is -2.34. The molecule has 4 heterocycles. The molecule has 86 heavy (non-hydrogen) atoms. The van der Waals surface area contributed by atoms with E-state index in [0.717, 1.165) is 19.8 Å². The van der Waals surface area contributed by atoms with Gasteiger partial charge in [-0.1, -0.05) is 70.2 Å². The first-order valence-electron chi connectivity index (χ1n) is 25.0. The standard InChI is InChI=1S/C25H25FN6O5.C15H15FN4O5.C8H6FNO.C3H8O.C2H5N3.4CH4/c26-19-6-7-20(37-15-14-36-13-8-29-30-27)22-21(19)18(16-28-22)23(33)25(35)32-11-9-31(10-12-32)24(34)17-4-2-1-3-5-17;1-23-15(22)14(21)9-8-18-13-11(3-2-10(16)12(9)13)25-7-6-24-5-4-19-20-17;9-6-1-2-7(11)8-5(6)3-4-10-8;1-3-4-2;1-2-4-5-3;;;;/h1-7,16,28H,8-15H2;2-3,8,18H,4-7H2,1H3;1-4,10-11H;3H2,1-2H3;2H2,1H3;4*1H4. The molecule has 0 unspecified atom stereocenters. The van der Waals surface area contributed by atoms with Gasteiger partial charge in [-0.25, -0.2) is 18.0 Å². The number of phenols is 1. The zero-order valence-corrected chi connectivity index (χ0v) is 45.1. The van der Waals surface area contributed by atoms with E-state index in [1.807, 2.05) is 13.0 Å². The molecule has 0 aliphatic carbocycles. The number of azide groups is 3. The van der Waals surface area contributed by atoms with Gasteiger partial charge in [0, 0.05) is 104 Å². The molecule has 1 fully saturated rings. The minimum atomic E-state index is -1.08. The maximum absolute atomic E-state index is 14.7. The van der Waals surface area contributed by atoms with Crippen LogP contribution in [0, 0.1) is 17.5 Å². The number of esters is 1. The summed E-state index contributed by atoms with van der Waals surface area (Å²) in [5.74, 6) is -4.74. The Bertz CT molecular complexity index is 3350. The van der Waals surface area contributed by atoms with Gasteiger partial charge in [0.25, 0.3) is 23.4 Å². The monoisotopic (exact) mass is 1200 g/mol. The first kappa shape index (κ1) is 76.2. The highest BCUT2D eigenvalue weighted by molar-refractivity contribution is 6.45. The summed E-state index contributed by atoms with van der Waals surface area (Å²) in [6.45, 7) is 7.75. The van der Waals surface area contributed by atoms with E-state index in [1.165, 1.54) is 47.6 Å². The number of Topliss-reactive ketones (excluding diaryl/α,β-unsaturated/α-hetero) is 2. The fourth-order valence-electron chi connectivity index (χ4n) is 7.39. The number of aromatic nitrogens is 3. The molecule has 3 aromatic heterocycles. The van der Waals surface area contributed by atoms with Gasteiger partial charge in [-0.15, -0.1) is 0 Å². The molecule has 4 aromatic carbocycles. The van der Waals surface area contributed by atoms with E-state index in [-0.39, 0.29) is 159 Å². The van der Waals surface area contributed by atoms with E-state index in [1.54, 1.807) is 55.5 Å². The number of halogens is 3. The smallest absolute Gasteiger partial charge is 0.379 e. The zero-order chi connectivity index (χ0) is 59.8. The van der Waals surface area contributed by atoms with Crippen molar-refractivity contribution in [2.24, 2.45) is 15.3 Å². The molecule has 466 valence electrons. The number of rotatable bonds is 21. The van der Waals surface area contributed by atoms with E-state index in [2.05, 4.69) is 54.5 Å². The molecule has 7 aromatic rings. The third-order valence-electron chi connectivity index (χ3n) is 11.3. The van der Waals surface area contributed by atoms with E-state index < -0.39 is 35.1 Å². The van der Waals surface area contributed by atoms with Crippen molar-refractivity contribution in [1.29, 1.82) is 0 Å². The lowest BCUT2D eigenvalue weighted by atomic mass is 10.1. The highest BCUT2D eigenvalue weighted by Gasteiger charge is 2.31. The number of piperazine rings is 1. The van der Waals surface area contributed by atoms with Crippen molar-refractivity contribution in [2.75, 3.05) is 106 Å². The summed E-state index contributed by atoms with van der Waals surface area (Å²) in [5, 5.41) is 19.4. The number of aromatic amines is 3. The first-order valence-corrected chi connectivity index (χ1v) is 25.0. The van der Waals surface area contributed by atoms with Crippen LogP contribution in [0.15, 0.2) is 107 Å². The minimum absolute atomic E-state index is 0. The molecule has 4 N–H and O–H groups in total. The van der Waals surface area contributed by atoms with Crippen LogP contribution >= 0.6 is 0 Å². The number of amides is 2. The van der Waals surface area contributed by atoms with Crippen LogP contribution < -0.4 is 9.47 Å². The Hall–Kier alpha value is -9.75.